The van der Waals surface area contributed by atoms with E-state index in [1.165, 1.54) is 0 Å². The Hall–Kier alpha value is -0.640. The fraction of sp³-hybridized carbons (Fsp3) is 0.667. The Kier molecular flexibility index (Phi) is 5.02. The highest BCUT2D eigenvalue weighted by Crippen LogP contribution is 2.21. The van der Waals surface area contributed by atoms with Gasteiger partial charge in [0.2, 0.25) is 0 Å². The predicted molar refractivity (Wildman–Crippen MR) is 65.6 cm³/mol. The summed E-state index contributed by atoms with van der Waals surface area (Å²) in [6, 6.07) is 0.918. The number of nitrogens with two attached hydrogens (primary N) is 2. The second-order valence-electron chi connectivity index (χ2n) is 4.34. The highest BCUT2D eigenvalue weighted by atomic mass is 15.2. The van der Waals surface area contributed by atoms with Crippen LogP contribution in [0.1, 0.15) is 19.3 Å². The third kappa shape index (κ3) is 3.45. The van der Waals surface area contributed by atoms with Crippen molar-refractivity contribution in [1.82, 2.24) is 4.90 Å². The lowest BCUT2D eigenvalue weighted by atomic mass is 9.86. The Morgan fingerprint density at radius 2 is 1.73 bits per heavy atom. The van der Waals surface area contributed by atoms with E-state index in [9.17, 15) is 0 Å². The molecule has 0 radical (unpaired) electrons. The first-order valence-corrected chi connectivity index (χ1v) is 5.66. The molecule has 0 saturated heterocycles. The second kappa shape index (κ2) is 6.05. The van der Waals surface area contributed by atoms with Gasteiger partial charge in [-0.2, -0.15) is 0 Å². The standard InChI is InChI=1S/C12H23N3/c1-3-7-15(8-4-2)12-9-10(13)5-6-11(12)14/h3-4,10-12H,1-2,5-9,13-14H2. The summed E-state index contributed by atoms with van der Waals surface area (Å²) in [5, 5.41) is 0. The molecule has 4 N–H and O–H groups in total. The van der Waals surface area contributed by atoms with Gasteiger partial charge in [0.15, 0.2) is 0 Å². The van der Waals surface area contributed by atoms with Gasteiger partial charge in [-0.1, -0.05) is 12.2 Å². The number of hydrogen-bond donors (Lipinski definition) is 2. The van der Waals surface area contributed by atoms with E-state index in [0.29, 0.717) is 12.1 Å². The zero-order valence-corrected chi connectivity index (χ0v) is 9.44. The lowest BCUT2D eigenvalue weighted by Crippen LogP contribution is -2.53. The Balaban J connectivity index is 2.61. The van der Waals surface area contributed by atoms with E-state index < -0.39 is 0 Å². The Labute approximate surface area is 92.8 Å². The summed E-state index contributed by atoms with van der Waals surface area (Å²) >= 11 is 0. The molecule has 15 heavy (non-hydrogen) atoms. The van der Waals surface area contributed by atoms with Crippen LogP contribution >= 0.6 is 0 Å². The molecule has 86 valence electrons. The van der Waals surface area contributed by atoms with Crippen molar-refractivity contribution in [3.05, 3.63) is 25.3 Å². The lowest BCUT2D eigenvalue weighted by Gasteiger charge is -2.39. The molecule has 1 saturated carbocycles. The van der Waals surface area contributed by atoms with Crippen molar-refractivity contribution in [3.63, 3.8) is 0 Å². The topological polar surface area (TPSA) is 55.3 Å². The van der Waals surface area contributed by atoms with Gasteiger partial charge in [0.1, 0.15) is 0 Å². The van der Waals surface area contributed by atoms with Gasteiger partial charge >= 0.3 is 0 Å². The number of nitrogens with zero attached hydrogens (tertiary/aromatic N) is 1. The van der Waals surface area contributed by atoms with Gasteiger partial charge in [-0.05, 0) is 19.3 Å². The zero-order chi connectivity index (χ0) is 11.3. The fourth-order valence-electron chi connectivity index (χ4n) is 2.30. The molecule has 3 atom stereocenters. The average molecular weight is 209 g/mol. The summed E-state index contributed by atoms with van der Waals surface area (Å²) in [6.07, 6.45) is 6.89. The summed E-state index contributed by atoms with van der Waals surface area (Å²) in [7, 11) is 0. The van der Waals surface area contributed by atoms with Crippen molar-refractivity contribution in [2.75, 3.05) is 13.1 Å². The molecule has 0 aliphatic heterocycles. The molecule has 3 nitrogen and oxygen atoms in total. The largest absolute Gasteiger partial charge is 0.328 e. The fourth-order valence-corrected chi connectivity index (χ4v) is 2.30. The minimum atomic E-state index is 0.240. The van der Waals surface area contributed by atoms with Crippen molar-refractivity contribution in [3.8, 4) is 0 Å². The first-order chi connectivity index (χ1) is 7.19. The van der Waals surface area contributed by atoms with Gasteiger partial charge in [0, 0.05) is 31.2 Å². The van der Waals surface area contributed by atoms with E-state index in [0.717, 1.165) is 32.4 Å². The SMILES string of the molecule is C=CCN(CC=C)C1CC(N)CCC1N. The number of rotatable bonds is 5. The van der Waals surface area contributed by atoms with Gasteiger partial charge in [-0.3, -0.25) is 4.90 Å². The molecule has 1 aliphatic carbocycles. The molecule has 0 aromatic carbocycles. The summed E-state index contributed by atoms with van der Waals surface area (Å²) in [4.78, 5) is 2.31. The molecule has 0 spiro atoms. The third-order valence-electron chi connectivity index (χ3n) is 3.11. The molecule has 3 unspecified atom stereocenters. The molecule has 1 aliphatic rings. The molecule has 1 rings (SSSR count). The van der Waals surface area contributed by atoms with Crippen molar-refractivity contribution < 1.29 is 0 Å². The van der Waals surface area contributed by atoms with Gasteiger partial charge in [-0.15, -0.1) is 13.2 Å². The molecule has 0 heterocycles. The summed E-state index contributed by atoms with van der Waals surface area (Å²) in [5.41, 5.74) is 12.1. The molecule has 0 aromatic rings. The zero-order valence-electron chi connectivity index (χ0n) is 9.44. The quantitative estimate of drug-likeness (QED) is 0.661. The van der Waals surface area contributed by atoms with Gasteiger partial charge < -0.3 is 11.5 Å². The van der Waals surface area contributed by atoms with Crippen LogP contribution in [0.5, 0.6) is 0 Å². The highest BCUT2D eigenvalue weighted by molar-refractivity contribution is 4.94. The Bertz CT molecular complexity index is 205. The monoisotopic (exact) mass is 209 g/mol. The van der Waals surface area contributed by atoms with E-state index in [4.69, 9.17) is 11.5 Å². The van der Waals surface area contributed by atoms with Crippen molar-refractivity contribution >= 4 is 0 Å². The Morgan fingerprint density at radius 1 is 1.13 bits per heavy atom. The normalized spacial score (nSPS) is 31.5. The van der Waals surface area contributed by atoms with Crippen LogP contribution in [0.4, 0.5) is 0 Å². The molecule has 0 amide bonds. The predicted octanol–water partition coefficient (Wildman–Crippen LogP) is 0.868. The smallest absolute Gasteiger partial charge is 0.0268 e. The van der Waals surface area contributed by atoms with Crippen LogP contribution < -0.4 is 11.5 Å². The number of hydrogen-bond acceptors (Lipinski definition) is 3. The minimum Gasteiger partial charge on any atom is -0.328 e. The van der Waals surface area contributed by atoms with Crippen LogP contribution in [0.3, 0.4) is 0 Å². The summed E-state index contributed by atoms with van der Waals surface area (Å²) < 4.78 is 0. The lowest BCUT2D eigenvalue weighted by molar-refractivity contribution is 0.156. The van der Waals surface area contributed by atoms with Gasteiger partial charge in [0.25, 0.3) is 0 Å². The van der Waals surface area contributed by atoms with E-state index >= 15 is 0 Å². The van der Waals surface area contributed by atoms with E-state index in [1.807, 2.05) is 12.2 Å². The van der Waals surface area contributed by atoms with Crippen LogP contribution in [-0.2, 0) is 0 Å². The molecular weight excluding hydrogens is 186 g/mol. The maximum Gasteiger partial charge on any atom is 0.0268 e. The highest BCUT2D eigenvalue weighted by Gasteiger charge is 2.29. The third-order valence-corrected chi connectivity index (χ3v) is 3.11. The molecule has 3 heteroatoms. The van der Waals surface area contributed by atoms with Crippen molar-refractivity contribution in [1.29, 1.82) is 0 Å². The first-order valence-electron chi connectivity index (χ1n) is 5.66. The van der Waals surface area contributed by atoms with Crippen LogP contribution in [0.2, 0.25) is 0 Å². The van der Waals surface area contributed by atoms with Gasteiger partial charge in [-0.25, -0.2) is 0 Å². The molecule has 0 aromatic heterocycles. The molecular formula is C12H23N3. The van der Waals surface area contributed by atoms with Crippen LogP contribution in [0, 0.1) is 0 Å². The van der Waals surface area contributed by atoms with Crippen LogP contribution in [0.25, 0.3) is 0 Å². The van der Waals surface area contributed by atoms with E-state index in [1.54, 1.807) is 0 Å². The maximum absolute atomic E-state index is 6.14. The van der Waals surface area contributed by atoms with E-state index in [-0.39, 0.29) is 6.04 Å². The minimum absolute atomic E-state index is 0.240. The summed E-state index contributed by atoms with van der Waals surface area (Å²) in [6.45, 7) is 9.26. The van der Waals surface area contributed by atoms with Crippen LogP contribution in [-0.4, -0.2) is 36.1 Å². The van der Waals surface area contributed by atoms with Gasteiger partial charge in [0.05, 0.1) is 0 Å². The Morgan fingerprint density at radius 3 is 2.27 bits per heavy atom. The second-order valence-corrected chi connectivity index (χ2v) is 4.34. The molecule has 0 bridgehead atoms. The van der Waals surface area contributed by atoms with Crippen LogP contribution in [0.15, 0.2) is 25.3 Å². The van der Waals surface area contributed by atoms with E-state index in [2.05, 4.69) is 18.1 Å². The average Bonchev–Trinajstić information content (AvgIpc) is 2.21. The van der Waals surface area contributed by atoms with Crippen molar-refractivity contribution in [2.24, 2.45) is 11.5 Å². The molecule has 1 fully saturated rings. The maximum atomic E-state index is 6.14. The van der Waals surface area contributed by atoms with Crippen molar-refractivity contribution in [2.45, 2.75) is 37.4 Å². The summed E-state index contributed by atoms with van der Waals surface area (Å²) in [5.74, 6) is 0. The first kappa shape index (κ1) is 12.4.